The fourth-order valence-electron chi connectivity index (χ4n) is 2.84. The minimum atomic E-state index is -4.72. The zero-order valence-corrected chi connectivity index (χ0v) is 11.0. The lowest BCUT2D eigenvalue weighted by molar-refractivity contribution is -0.274. The van der Waals surface area contributed by atoms with Crippen molar-refractivity contribution in [1.82, 2.24) is 4.98 Å². The van der Waals surface area contributed by atoms with E-state index in [0.29, 0.717) is 24.6 Å². The number of rotatable bonds is 2. The molecular weight excluding hydrogens is 285 g/mol. The SMILES string of the molecule is NC(=O)C1CCc2[nH]c3ccc(OC(F)(F)F)cc3c2C1. The van der Waals surface area contributed by atoms with Gasteiger partial charge in [-0.2, -0.15) is 0 Å². The van der Waals surface area contributed by atoms with Crippen molar-refractivity contribution in [2.75, 3.05) is 0 Å². The summed E-state index contributed by atoms with van der Waals surface area (Å²) in [6.45, 7) is 0. The first-order chi connectivity index (χ1) is 9.83. The zero-order chi connectivity index (χ0) is 15.2. The van der Waals surface area contributed by atoms with Crippen LogP contribution in [0.2, 0.25) is 0 Å². The number of carbonyl (C=O) groups excluding carboxylic acids is 1. The van der Waals surface area contributed by atoms with E-state index in [1.165, 1.54) is 12.1 Å². The summed E-state index contributed by atoms with van der Waals surface area (Å²) in [5.74, 6) is -0.917. The molecule has 0 aliphatic heterocycles. The number of aryl methyl sites for hydroxylation is 1. The van der Waals surface area contributed by atoms with Gasteiger partial charge in [-0.25, -0.2) is 0 Å². The van der Waals surface area contributed by atoms with Gasteiger partial charge in [0.15, 0.2) is 0 Å². The van der Waals surface area contributed by atoms with Crippen LogP contribution in [0.25, 0.3) is 10.9 Å². The third kappa shape index (κ3) is 2.68. The van der Waals surface area contributed by atoms with Gasteiger partial charge in [-0.15, -0.1) is 13.2 Å². The second-order valence-electron chi connectivity index (χ2n) is 5.18. The van der Waals surface area contributed by atoms with E-state index in [4.69, 9.17) is 5.73 Å². The maximum absolute atomic E-state index is 12.3. The number of ether oxygens (including phenoxy) is 1. The first-order valence-electron chi connectivity index (χ1n) is 6.52. The molecule has 3 rings (SSSR count). The predicted molar refractivity (Wildman–Crippen MR) is 69.7 cm³/mol. The summed E-state index contributed by atoms with van der Waals surface area (Å²) in [4.78, 5) is 14.5. The summed E-state index contributed by atoms with van der Waals surface area (Å²) in [7, 11) is 0. The normalized spacial score (nSPS) is 18.5. The van der Waals surface area contributed by atoms with Crippen molar-refractivity contribution in [2.45, 2.75) is 25.6 Å². The number of halogens is 3. The van der Waals surface area contributed by atoms with E-state index in [1.54, 1.807) is 6.07 Å². The second-order valence-corrected chi connectivity index (χ2v) is 5.18. The molecule has 0 fully saturated rings. The summed E-state index contributed by atoms with van der Waals surface area (Å²) >= 11 is 0. The lowest BCUT2D eigenvalue weighted by atomic mass is 9.86. The van der Waals surface area contributed by atoms with Gasteiger partial charge in [-0.05, 0) is 43.0 Å². The van der Waals surface area contributed by atoms with Crippen molar-refractivity contribution in [3.05, 3.63) is 29.5 Å². The van der Waals surface area contributed by atoms with Gasteiger partial charge in [0.1, 0.15) is 5.75 Å². The van der Waals surface area contributed by atoms with E-state index in [-0.39, 0.29) is 17.6 Å². The third-order valence-electron chi connectivity index (χ3n) is 3.80. The molecule has 112 valence electrons. The number of hydrogen-bond donors (Lipinski definition) is 2. The molecule has 1 heterocycles. The molecule has 0 saturated carbocycles. The molecule has 4 nitrogen and oxygen atoms in total. The Morgan fingerprint density at radius 2 is 2.14 bits per heavy atom. The summed E-state index contributed by atoms with van der Waals surface area (Å²) in [6, 6.07) is 4.17. The first kappa shape index (κ1) is 13.8. The van der Waals surface area contributed by atoms with Crippen molar-refractivity contribution in [2.24, 2.45) is 11.7 Å². The largest absolute Gasteiger partial charge is 0.573 e. The Hall–Kier alpha value is -2.18. The van der Waals surface area contributed by atoms with Crippen LogP contribution in [0, 0.1) is 5.92 Å². The van der Waals surface area contributed by atoms with Crippen LogP contribution in [0.15, 0.2) is 18.2 Å². The van der Waals surface area contributed by atoms with Gasteiger partial charge in [-0.1, -0.05) is 0 Å². The summed E-state index contributed by atoms with van der Waals surface area (Å²) in [6.07, 6.45) is -2.96. The Kier molecular flexibility index (Phi) is 3.07. The Bertz CT molecular complexity index is 706. The van der Waals surface area contributed by atoms with E-state index in [1.807, 2.05) is 0 Å². The number of amides is 1. The maximum Gasteiger partial charge on any atom is 0.573 e. The fourth-order valence-corrected chi connectivity index (χ4v) is 2.84. The molecule has 21 heavy (non-hydrogen) atoms. The van der Waals surface area contributed by atoms with E-state index >= 15 is 0 Å². The third-order valence-corrected chi connectivity index (χ3v) is 3.80. The molecule has 1 amide bonds. The number of H-pyrrole nitrogens is 1. The van der Waals surface area contributed by atoms with Crippen LogP contribution in [-0.2, 0) is 17.6 Å². The molecule has 0 saturated heterocycles. The number of alkyl halides is 3. The van der Waals surface area contributed by atoms with E-state index in [0.717, 1.165) is 16.8 Å². The topological polar surface area (TPSA) is 68.1 Å². The van der Waals surface area contributed by atoms with Crippen LogP contribution in [0.1, 0.15) is 17.7 Å². The molecular formula is C14H13F3N2O2. The summed E-state index contributed by atoms with van der Waals surface area (Å²) < 4.78 is 40.8. The molecule has 1 aromatic carbocycles. The highest BCUT2D eigenvalue weighted by Gasteiger charge is 2.32. The smallest absolute Gasteiger partial charge is 0.406 e. The van der Waals surface area contributed by atoms with Gasteiger partial charge in [0.2, 0.25) is 5.91 Å². The molecule has 1 aliphatic carbocycles. The van der Waals surface area contributed by atoms with Crippen LogP contribution >= 0.6 is 0 Å². The molecule has 0 spiro atoms. The summed E-state index contributed by atoms with van der Waals surface area (Å²) in [5.41, 5.74) is 7.87. The van der Waals surface area contributed by atoms with Crippen LogP contribution < -0.4 is 10.5 Å². The van der Waals surface area contributed by atoms with Crippen molar-refractivity contribution in [3.8, 4) is 5.75 Å². The van der Waals surface area contributed by atoms with E-state index in [2.05, 4.69) is 9.72 Å². The fraction of sp³-hybridized carbons (Fsp3) is 0.357. The number of benzene rings is 1. The standard InChI is InChI=1S/C14H13F3N2O2/c15-14(16,17)21-8-2-4-12-10(6-8)9-5-7(13(18)20)1-3-11(9)19-12/h2,4,6-7,19H,1,3,5H2,(H2,18,20). The average molecular weight is 298 g/mol. The molecule has 1 unspecified atom stereocenters. The number of nitrogens with one attached hydrogen (secondary N) is 1. The van der Waals surface area contributed by atoms with Crippen molar-refractivity contribution >= 4 is 16.8 Å². The summed E-state index contributed by atoms with van der Waals surface area (Å²) in [5, 5.41) is 0.651. The molecule has 1 aromatic heterocycles. The Labute approximate surface area is 118 Å². The molecule has 0 radical (unpaired) electrons. The highest BCUT2D eigenvalue weighted by molar-refractivity contribution is 5.87. The maximum atomic E-state index is 12.3. The van der Waals surface area contributed by atoms with E-state index < -0.39 is 6.36 Å². The Morgan fingerprint density at radius 1 is 1.38 bits per heavy atom. The minimum absolute atomic E-state index is 0.266. The highest BCUT2D eigenvalue weighted by Crippen LogP contribution is 2.34. The lowest BCUT2D eigenvalue weighted by Crippen LogP contribution is -2.28. The van der Waals surface area contributed by atoms with Gasteiger partial charge in [0, 0.05) is 22.5 Å². The number of primary amides is 1. The molecule has 1 atom stereocenters. The van der Waals surface area contributed by atoms with Crippen molar-refractivity contribution < 1.29 is 22.7 Å². The van der Waals surface area contributed by atoms with Crippen molar-refractivity contribution in [1.29, 1.82) is 0 Å². The first-order valence-corrected chi connectivity index (χ1v) is 6.52. The predicted octanol–water partition coefficient (Wildman–Crippen LogP) is 2.66. The van der Waals surface area contributed by atoms with Crippen LogP contribution in [0.3, 0.4) is 0 Å². The minimum Gasteiger partial charge on any atom is -0.406 e. The number of aromatic nitrogens is 1. The van der Waals surface area contributed by atoms with Crippen LogP contribution in [0.4, 0.5) is 13.2 Å². The highest BCUT2D eigenvalue weighted by atomic mass is 19.4. The van der Waals surface area contributed by atoms with E-state index in [9.17, 15) is 18.0 Å². The Balaban J connectivity index is 2.01. The number of carbonyl (C=O) groups is 1. The molecule has 2 aromatic rings. The number of aromatic amines is 1. The van der Waals surface area contributed by atoms with Crippen molar-refractivity contribution in [3.63, 3.8) is 0 Å². The average Bonchev–Trinajstić information content (AvgIpc) is 2.74. The van der Waals surface area contributed by atoms with Gasteiger partial charge < -0.3 is 15.5 Å². The molecule has 7 heteroatoms. The monoisotopic (exact) mass is 298 g/mol. The number of hydrogen-bond acceptors (Lipinski definition) is 2. The van der Waals surface area contributed by atoms with Gasteiger partial charge in [-0.3, -0.25) is 4.79 Å². The number of fused-ring (bicyclic) bond motifs is 3. The van der Waals surface area contributed by atoms with Crippen LogP contribution in [-0.4, -0.2) is 17.3 Å². The lowest BCUT2D eigenvalue weighted by Gasteiger charge is -2.19. The molecule has 0 bridgehead atoms. The van der Waals surface area contributed by atoms with Gasteiger partial charge >= 0.3 is 6.36 Å². The van der Waals surface area contributed by atoms with Gasteiger partial charge in [0.25, 0.3) is 0 Å². The number of nitrogens with two attached hydrogens (primary N) is 1. The molecule has 3 N–H and O–H groups in total. The molecule has 1 aliphatic rings. The zero-order valence-electron chi connectivity index (χ0n) is 11.0. The van der Waals surface area contributed by atoms with Crippen LogP contribution in [0.5, 0.6) is 5.75 Å². The quantitative estimate of drug-likeness (QED) is 0.895. The second kappa shape index (κ2) is 4.68. The van der Waals surface area contributed by atoms with Gasteiger partial charge in [0.05, 0.1) is 0 Å². The Morgan fingerprint density at radius 3 is 2.81 bits per heavy atom.